The van der Waals surface area contributed by atoms with Crippen molar-refractivity contribution < 1.29 is 0 Å². The Morgan fingerprint density at radius 1 is 0.818 bits per heavy atom. The summed E-state index contributed by atoms with van der Waals surface area (Å²) >= 11 is 0. The average Bonchev–Trinajstić information content (AvgIpc) is 3.20. The van der Waals surface area contributed by atoms with Gasteiger partial charge >= 0.3 is 0 Å². The van der Waals surface area contributed by atoms with Gasteiger partial charge in [0.05, 0.1) is 17.4 Å². The predicted molar refractivity (Wildman–Crippen MR) is 132 cm³/mol. The molecule has 4 heterocycles. The van der Waals surface area contributed by atoms with Crippen LogP contribution in [0.2, 0.25) is 0 Å². The smallest absolute Gasteiger partial charge is 0.233 e. The van der Waals surface area contributed by atoms with E-state index in [1.165, 1.54) is 0 Å². The molecule has 33 heavy (non-hydrogen) atoms. The first kappa shape index (κ1) is 23.4. The van der Waals surface area contributed by atoms with Crippen molar-refractivity contribution in [3.63, 3.8) is 0 Å². The highest BCUT2D eigenvalue weighted by Gasteiger charge is 2.28. The van der Waals surface area contributed by atoms with Crippen molar-refractivity contribution in [2.45, 2.75) is 37.0 Å². The van der Waals surface area contributed by atoms with Gasteiger partial charge in [0, 0.05) is 56.0 Å². The van der Waals surface area contributed by atoms with Crippen LogP contribution in [0.3, 0.4) is 0 Å². The molecule has 2 aliphatic heterocycles. The zero-order chi connectivity index (χ0) is 22.2. The van der Waals surface area contributed by atoms with Gasteiger partial charge in [-0.1, -0.05) is 0 Å². The standard InChI is InChI=1S/C20H30N12.ClH/c21-11-3-12(22)7-31(6-11)19-28-18(27-15-1-2-16-17(5-15)26-10-25-16)29-20(30-19)32-8-13(23)4-14(24)9-32;/h1-2,5,10-14H,3-4,6-9,21-24H2,(H,25,26)(H,27,28,29,30);1H/t11-,12+,13-,14+;. The SMILES string of the molecule is Cl.N[C@@H]1C[C@H](N)CN(c2nc(Nc3ccc4nc[nH]c4c3)nc(N3C[C@H](N)C[C@H](N)C3)n2)C1. The molecule has 0 unspecified atom stereocenters. The van der Waals surface area contributed by atoms with Gasteiger partial charge in [-0.2, -0.15) is 15.0 Å². The number of nitrogens with one attached hydrogen (secondary N) is 2. The minimum Gasteiger partial charge on any atom is -0.345 e. The molecule has 178 valence electrons. The van der Waals surface area contributed by atoms with Crippen molar-refractivity contribution in [2.75, 3.05) is 41.3 Å². The Hall–Kier alpha value is -2.77. The monoisotopic (exact) mass is 474 g/mol. The zero-order valence-electron chi connectivity index (χ0n) is 18.3. The summed E-state index contributed by atoms with van der Waals surface area (Å²) in [5, 5.41) is 3.30. The lowest BCUT2D eigenvalue weighted by atomic mass is 10.0. The molecule has 0 bridgehead atoms. The number of imidazole rings is 1. The van der Waals surface area contributed by atoms with E-state index in [0.29, 0.717) is 44.0 Å². The van der Waals surface area contributed by atoms with Crippen molar-refractivity contribution >= 4 is 47.0 Å². The number of H-pyrrole nitrogens is 1. The summed E-state index contributed by atoms with van der Waals surface area (Å²) in [6, 6.07) is 5.70. The number of nitrogens with two attached hydrogens (primary N) is 4. The number of halogens is 1. The fourth-order valence-electron chi connectivity index (χ4n) is 4.52. The van der Waals surface area contributed by atoms with E-state index < -0.39 is 0 Å². The highest BCUT2D eigenvalue weighted by Crippen LogP contribution is 2.24. The van der Waals surface area contributed by atoms with Crippen molar-refractivity contribution in [1.29, 1.82) is 0 Å². The molecule has 0 saturated carbocycles. The third-order valence-electron chi connectivity index (χ3n) is 5.88. The molecular weight excluding hydrogens is 444 g/mol. The molecule has 12 nitrogen and oxygen atoms in total. The number of hydrogen-bond donors (Lipinski definition) is 6. The van der Waals surface area contributed by atoms with Crippen molar-refractivity contribution in [3.8, 4) is 0 Å². The van der Waals surface area contributed by atoms with Gasteiger partial charge in [0.15, 0.2) is 0 Å². The first-order valence-corrected chi connectivity index (χ1v) is 10.9. The molecule has 2 fully saturated rings. The molecule has 0 amide bonds. The lowest BCUT2D eigenvalue weighted by molar-refractivity contribution is 0.441. The molecule has 2 aromatic heterocycles. The van der Waals surface area contributed by atoms with E-state index in [0.717, 1.165) is 29.6 Å². The highest BCUT2D eigenvalue weighted by molar-refractivity contribution is 5.85. The molecule has 4 atom stereocenters. The molecular formula is C20H31ClN12. The number of aromatic amines is 1. The van der Waals surface area contributed by atoms with Crippen LogP contribution in [0.4, 0.5) is 23.5 Å². The van der Waals surface area contributed by atoms with Crippen LogP contribution in [0.5, 0.6) is 0 Å². The number of aromatic nitrogens is 5. The summed E-state index contributed by atoms with van der Waals surface area (Å²) in [4.78, 5) is 25.6. The van der Waals surface area contributed by atoms with Crippen LogP contribution in [-0.2, 0) is 0 Å². The number of benzene rings is 1. The Morgan fingerprint density at radius 3 is 1.91 bits per heavy atom. The lowest BCUT2D eigenvalue weighted by Crippen LogP contribution is -2.54. The van der Waals surface area contributed by atoms with E-state index in [1.54, 1.807) is 6.33 Å². The van der Waals surface area contributed by atoms with Gasteiger partial charge in [-0.05, 0) is 31.0 Å². The third-order valence-corrected chi connectivity index (χ3v) is 5.88. The lowest BCUT2D eigenvalue weighted by Gasteiger charge is -2.37. The Balaban J connectivity index is 0.00000259. The molecule has 10 N–H and O–H groups in total. The summed E-state index contributed by atoms with van der Waals surface area (Å²) in [7, 11) is 0. The van der Waals surface area contributed by atoms with E-state index in [1.807, 2.05) is 28.0 Å². The molecule has 2 aliphatic rings. The molecule has 3 aromatic rings. The normalized spacial score (nSPS) is 25.7. The molecule has 0 radical (unpaired) electrons. The summed E-state index contributed by atoms with van der Waals surface area (Å²) in [5.74, 6) is 1.51. The van der Waals surface area contributed by atoms with Gasteiger partial charge in [-0.15, -0.1) is 12.4 Å². The van der Waals surface area contributed by atoms with Gasteiger partial charge in [0.1, 0.15) is 0 Å². The number of piperidine rings is 2. The number of nitrogens with zero attached hydrogens (tertiary/aromatic N) is 6. The van der Waals surface area contributed by atoms with Gasteiger partial charge in [0.25, 0.3) is 0 Å². The van der Waals surface area contributed by atoms with Crippen LogP contribution >= 0.6 is 12.4 Å². The molecule has 1 aromatic carbocycles. The van der Waals surface area contributed by atoms with Crippen molar-refractivity contribution in [2.24, 2.45) is 22.9 Å². The molecule has 5 rings (SSSR count). The van der Waals surface area contributed by atoms with Crippen LogP contribution in [-0.4, -0.2) is 75.3 Å². The van der Waals surface area contributed by atoms with Gasteiger partial charge in [-0.3, -0.25) is 0 Å². The molecule has 2 saturated heterocycles. The highest BCUT2D eigenvalue weighted by atomic mass is 35.5. The largest absolute Gasteiger partial charge is 0.345 e. The molecule has 0 spiro atoms. The Bertz CT molecular complexity index is 1030. The van der Waals surface area contributed by atoms with Gasteiger partial charge < -0.3 is 43.0 Å². The van der Waals surface area contributed by atoms with Crippen molar-refractivity contribution in [3.05, 3.63) is 24.5 Å². The average molecular weight is 475 g/mol. The fraction of sp³-hybridized carbons (Fsp3) is 0.500. The minimum atomic E-state index is -0.0324. The second kappa shape index (κ2) is 9.61. The van der Waals surface area contributed by atoms with E-state index >= 15 is 0 Å². The van der Waals surface area contributed by atoms with Crippen LogP contribution in [0, 0.1) is 0 Å². The maximum absolute atomic E-state index is 6.21. The topological polar surface area (TPSA) is 190 Å². The summed E-state index contributed by atoms with van der Waals surface area (Å²) < 4.78 is 0. The number of hydrogen-bond acceptors (Lipinski definition) is 11. The Labute approximate surface area is 197 Å². The number of anilines is 4. The molecule has 0 aliphatic carbocycles. The zero-order valence-corrected chi connectivity index (χ0v) is 19.1. The Kier molecular flexibility index (Phi) is 6.81. The van der Waals surface area contributed by atoms with E-state index in [2.05, 4.69) is 25.3 Å². The van der Waals surface area contributed by atoms with E-state index in [4.69, 9.17) is 27.9 Å². The fourth-order valence-corrected chi connectivity index (χ4v) is 4.52. The van der Waals surface area contributed by atoms with Gasteiger partial charge in [0.2, 0.25) is 17.8 Å². The van der Waals surface area contributed by atoms with Crippen LogP contribution in [0.1, 0.15) is 12.8 Å². The Morgan fingerprint density at radius 2 is 1.36 bits per heavy atom. The maximum atomic E-state index is 6.21. The molecule has 13 heteroatoms. The van der Waals surface area contributed by atoms with Crippen LogP contribution < -0.4 is 38.1 Å². The second-order valence-electron chi connectivity index (χ2n) is 8.84. The minimum absolute atomic E-state index is 0. The van der Waals surface area contributed by atoms with Crippen LogP contribution in [0.25, 0.3) is 11.0 Å². The number of rotatable bonds is 4. The van der Waals surface area contributed by atoms with E-state index in [9.17, 15) is 0 Å². The predicted octanol–water partition coefficient (Wildman–Crippen LogP) is -0.357. The first-order valence-electron chi connectivity index (χ1n) is 10.9. The van der Waals surface area contributed by atoms with Crippen LogP contribution in [0.15, 0.2) is 24.5 Å². The summed E-state index contributed by atoms with van der Waals surface area (Å²) in [5.41, 5.74) is 27.5. The summed E-state index contributed by atoms with van der Waals surface area (Å²) in [6.07, 6.45) is 3.22. The van der Waals surface area contributed by atoms with Gasteiger partial charge in [-0.25, -0.2) is 4.98 Å². The second-order valence-corrected chi connectivity index (χ2v) is 8.84. The summed E-state index contributed by atoms with van der Waals surface area (Å²) in [6.45, 7) is 2.54. The first-order chi connectivity index (χ1) is 15.4. The quantitative estimate of drug-likeness (QED) is 0.289. The van der Waals surface area contributed by atoms with E-state index in [-0.39, 0.29) is 36.6 Å². The third kappa shape index (κ3) is 5.25. The maximum Gasteiger partial charge on any atom is 0.233 e. The van der Waals surface area contributed by atoms with Crippen molar-refractivity contribution in [1.82, 2.24) is 24.9 Å². The number of fused-ring (bicyclic) bond motifs is 1.